The highest BCUT2D eigenvalue weighted by atomic mass is 16.4. The zero-order valence-corrected chi connectivity index (χ0v) is 21.9. The third-order valence-electron chi connectivity index (χ3n) is 6.90. The van der Waals surface area contributed by atoms with Crippen LogP contribution >= 0.6 is 0 Å². The predicted octanol–water partition coefficient (Wildman–Crippen LogP) is 2.88. The van der Waals surface area contributed by atoms with E-state index in [9.17, 15) is 30.6 Å². The van der Waals surface area contributed by atoms with Crippen LogP contribution < -0.4 is 0 Å². The topological polar surface area (TPSA) is 121 Å². The first-order chi connectivity index (χ1) is 17.0. The minimum absolute atomic E-state index is 0.0120. The van der Waals surface area contributed by atoms with Crippen molar-refractivity contribution in [2.45, 2.75) is 95.2 Å². The quantitative estimate of drug-likeness (QED) is 0.209. The lowest BCUT2D eigenvalue weighted by Gasteiger charge is -2.46. The summed E-state index contributed by atoms with van der Waals surface area (Å²) in [5, 5.41) is 66.6. The first-order valence-electron chi connectivity index (χ1n) is 12.9. The minimum atomic E-state index is -2.37. The fourth-order valence-electron chi connectivity index (χ4n) is 5.16. The van der Waals surface area contributed by atoms with Gasteiger partial charge in [0.25, 0.3) is 0 Å². The first kappa shape index (κ1) is 30.2. The largest absolute Gasteiger partial charge is 0.394 e. The summed E-state index contributed by atoms with van der Waals surface area (Å²) in [7, 11) is 0. The fourth-order valence-corrected chi connectivity index (χ4v) is 5.16. The maximum absolute atomic E-state index is 12.0. The van der Waals surface area contributed by atoms with E-state index >= 15 is 0 Å². The molecular formula is C30H44O6. The van der Waals surface area contributed by atoms with Crippen LogP contribution in [0.15, 0.2) is 60.7 Å². The van der Waals surface area contributed by atoms with Gasteiger partial charge in [0.1, 0.15) is 29.5 Å². The summed E-state index contributed by atoms with van der Waals surface area (Å²) in [5.41, 5.74) is -0.193. The van der Waals surface area contributed by atoms with E-state index in [4.69, 9.17) is 0 Å². The number of hydrogen-bond acceptors (Lipinski definition) is 6. The molecule has 6 heteroatoms. The average molecular weight is 501 g/mol. The Kier molecular flexibility index (Phi) is 11.3. The Hall–Kier alpha value is -2.06. The van der Waals surface area contributed by atoms with Crippen LogP contribution in [-0.2, 0) is 25.7 Å². The van der Waals surface area contributed by atoms with Crippen molar-refractivity contribution in [3.05, 3.63) is 82.9 Å². The summed E-state index contributed by atoms with van der Waals surface area (Å²) >= 11 is 0. The summed E-state index contributed by atoms with van der Waals surface area (Å²) < 4.78 is 0. The van der Waals surface area contributed by atoms with Crippen molar-refractivity contribution < 1.29 is 30.6 Å². The van der Waals surface area contributed by atoms with Gasteiger partial charge in [-0.3, -0.25) is 0 Å². The molecule has 200 valence electrons. The van der Waals surface area contributed by atoms with Crippen molar-refractivity contribution in [3.8, 4) is 0 Å². The fraction of sp³-hybridized carbons (Fsp3) is 0.533. The van der Waals surface area contributed by atoms with Crippen molar-refractivity contribution in [2.24, 2.45) is 0 Å². The second-order valence-corrected chi connectivity index (χ2v) is 10.2. The highest BCUT2D eigenvalue weighted by molar-refractivity contribution is 5.32. The Morgan fingerprint density at radius 2 is 1.25 bits per heavy atom. The third kappa shape index (κ3) is 7.25. The molecule has 0 aliphatic heterocycles. The molecule has 0 bridgehead atoms. The Labute approximate surface area is 215 Å². The summed E-state index contributed by atoms with van der Waals surface area (Å²) in [6.07, 6.45) is -2.49. The zero-order valence-electron chi connectivity index (χ0n) is 21.9. The maximum Gasteiger partial charge on any atom is 0.126 e. The minimum Gasteiger partial charge on any atom is -0.394 e. The number of aliphatic hydroxyl groups is 6. The van der Waals surface area contributed by atoms with Crippen LogP contribution in [-0.4, -0.2) is 66.8 Å². The average Bonchev–Trinajstić information content (AvgIpc) is 2.84. The van der Waals surface area contributed by atoms with Gasteiger partial charge in [-0.25, -0.2) is 0 Å². The number of aryl methyl sites for hydroxylation is 2. The van der Waals surface area contributed by atoms with Gasteiger partial charge < -0.3 is 30.6 Å². The van der Waals surface area contributed by atoms with Crippen LogP contribution in [0.3, 0.4) is 0 Å². The first-order valence-corrected chi connectivity index (χ1v) is 12.9. The van der Waals surface area contributed by atoms with Crippen LogP contribution in [0.1, 0.15) is 62.3 Å². The van der Waals surface area contributed by atoms with Gasteiger partial charge in [0.05, 0.1) is 6.61 Å². The Morgan fingerprint density at radius 3 is 1.67 bits per heavy atom. The number of hydrogen-bond donors (Lipinski definition) is 6. The summed E-state index contributed by atoms with van der Waals surface area (Å²) in [4.78, 5) is 0. The molecule has 2 aromatic carbocycles. The molecule has 0 aliphatic carbocycles. The molecule has 2 aromatic rings. The van der Waals surface area contributed by atoms with Crippen LogP contribution in [0.2, 0.25) is 0 Å². The van der Waals surface area contributed by atoms with Crippen molar-refractivity contribution in [3.63, 3.8) is 0 Å². The Morgan fingerprint density at radius 1 is 0.806 bits per heavy atom. The van der Waals surface area contributed by atoms with E-state index in [1.165, 1.54) is 0 Å². The molecule has 6 N–H and O–H groups in total. The number of rotatable bonds is 15. The molecule has 5 atom stereocenters. The van der Waals surface area contributed by atoms with Gasteiger partial charge in [0, 0.05) is 12.8 Å². The molecule has 0 saturated heterocycles. The Bertz CT molecular complexity index is 975. The molecule has 0 heterocycles. The lowest BCUT2D eigenvalue weighted by molar-refractivity contribution is -0.228. The standard InChI is InChI=1S/C30H44O6/c1-5-11-22-13-7-9-15-24(22)18-29(35,17-21(3)4)28(34)30(36,27(33)26(32)20-31)19-25-16-10-8-14-23(25)12-6-2/h7-10,13-16,26-28,31-36H,3,5-6,11-12,17-20H2,1-2,4H3/t26-,27+,28+,29?,30+/m0/s1. The molecule has 0 fully saturated rings. The van der Waals surface area contributed by atoms with E-state index in [0.29, 0.717) is 11.1 Å². The second kappa shape index (κ2) is 13.5. The summed E-state index contributed by atoms with van der Waals surface area (Å²) in [6, 6.07) is 15.0. The van der Waals surface area contributed by atoms with Gasteiger partial charge in [0.2, 0.25) is 0 Å². The monoisotopic (exact) mass is 500 g/mol. The second-order valence-electron chi connectivity index (χ2n) is 10.2. The maximum atomic E-state index is 12.0. The molecule has 0 spiro atoms. The molecule has 0 radical (unpaired) electrons. The zero-order chi connectivity index (χ0) is 26.9. The SMILES string of the molecule is C=C(C)CC(O)(Cc1ccccc1CCC)[C@@H](O)[C@@](O)(Cc1ccccc1CCC)[C@H](O)[C@@H](O)CO. The highest BCUT2D eigenvalue weighted by Crippen LogP contribution is 2.37. The van der Waals surface area contributed by atoms with Crippen molar-refractivity contribution in [1.29, 1.82) is 0 Å². The van der Waals surface area contributed by atoms with E-state index < -0.39 is 36.1 Å². The van der Waals surface area contributed by atoms with Gasteiger partial charge in [-0.15, -0.1) is 6.58 Å². The lowest BCUT2D eigenvalue weighted by Crippen LogP contribution is -2.66. The van der Waals surface area contributed by atoms with Gasteiger partial charge in [-0.1, -0.05) is 80.8 Å². The van der Waals surface area contributed by atoms with E-state index in [0.717, 1.165) is 42.4 Å². The molecule has 1 unspecified atom stereocenters. The number of aliphatic hydroxyl groups excluding tert-OH is 4. The van der Waals surface area contributed by atoms with Gasteiger partial charge >= 0.3 is 0 Å². The van der Waals surface area contributed by atoms with Crippen molar-refractivity contribution in [1.82, 2.24) is 0 Å². The van der Waals surface area contributed by atoms with E-state index in [1.54, 1.807) is 19.1 Å². The summed E-state index contributed by atoms with van der Waals surface area (Å²) in [5.74, 6) is 0. The number of benzene rings is 2. The normalized spacial score (nSPS) is 17.6. The van der Waals surface area contributed by atoms with Crippen molar-refractivity contribution in [2.75, 3.05) is 6.61 Å². The molecule has 6 nitrogen and oxygen atoms in total. The van der Waals surface area contributed by atoms with Gasteiger partial charge in [0.15, 0.2) is 0 Å². The molecule has 36 heavy (non-hydrogen) atoms. The lowest BCUT2D eigenvalue weighted by atomic mass is 9.70. The third-order valence-corrected chi connectivity index (χ3v) is 6.90. The summed E-state index contributed by atoms with van der Waals surface area (Å²) in [6.45, 7) is 8.92. The predicted molar refractivity (Wildman–Crippen MR) is 143 cm³/mol. The van der Waals surface area contributed by atoms with Crippen LogP contribution in [0, 0.1) is 0 Å². The van der Waals surface area contributed by atoms with Crippen LogP contribution in [0.25, 0.3) is 0 Å². The van der Waals surface area contributed by atoms with Gasteiger partial charge in [-0.2, -0.15) is 0 Å². The van der Waals surface area contributed by atoms with E-state index in [1.807, 2.05) is 43.3 Å². The van der Waals surface area contributed by atoms with E-state index in [-0.39, 0.29) is 19.3 Å². The van der Waals surface area contributed by atoms with E-state index in [2.05, 4.69) is 13.5 Å². The van der Waals surface area contributed by atoms with Crippen LogP contribution in [0.4, 0.5) is 0 Å². The highest BCUT2D eigenvalue weighted by Gasteiger charge is 2.54. The smallest absolute Gasteiger partial charge is 0.126 e. The van der Waals surface area contributed by atoms with Crippen LogP contribution in [0.5, 0.6) is 0 Å². The molecule has 0 saturated carbocycles. The Balaban J connectivity index is 2.61. The molecule has 0 aromatic heterocycles. The van der Waals surface area contributed by atoms with Crippen molar-refractivity contribution >= 4 is 0 Å². The molecule has 0 amide bonds. The molecule has 0 aliphatic rings. The molecular weight excluding hydrogens is 456 g/mol. The molecule has 2 rings (SSSR count). The van der Waals surface area contributed by atoms with Gasteiger partial charge in [-0.05, 0) is 48.4 Å².